The molecule has 2 N–H and O–H groups in total. The van der Waals surface area contributed by atoms with Gasteiger partial charge in [0.2, 0.25) is 5.91 Å². The lowest BCUT2D eigenvalue weighted by Crippen LogP contribution is -2.26. The van der Waals surface area contributed by atoms with Crippen molar-refractivity contribution < 1.29 is 9.59 Å². The van der Waals surface area contributed by atoms with Gasteiger partial charge in [-0.15, -0.1) is 0 Å². The van der Waals surface area contributed by atoms with Gasteiger partial charge in [-0.3, -0.25) is 14.3 Å². The third kappa shape index (κ3) is 5.14. The number of hydrogen-bond donors (Lipinski definition) is 2. The summed E-state index contributed by atoms with van der Waals surface area (Å²) in [6, 6.07) is 15.7. The fourth-order valence-electron chi connectivity index (χ4n) is 3.59. The Balaban J connectivity index is 1.45. The van der Waals surface area contributed by atoms with Crippen LogP contribution in [0.15, 0.2) is 54.6 Å². The lowest BCUT2D eigenvalue weighted by atomic mass is 10.1. The van der Waals surface area contributed by atoms with E-state index in [-0.39, 0.29) is 17.9 Å². The van der Waals surface area contributed by atoms with Crippen LogP contribution in [0, 0.1) is 20.8 Å². The summed E-state index contributed by atoms with van der Waals surface area (Å²) in [6.07, 6.45) is 5.30. The first-order valence-electron chi connectivity index (χ1n) is 10.9. The highest BCUT2D eigenvalue weighted by molar-refractivity contribution is 6.07. The molecule has 1 saturated carbocycles. The molecule has 2 amide bonds. The molecule has 0 spiro atoms. The van der Waals surface area contributed by atoms with E-state index in [1.54, 1.807) is 30.3 Å². The third-order valence-corrected chi connectivity index (χ3v) is 5.63. The monoisotopic (exact) mass is 428 g/mol. The summed E-state index contributed by atoms with van der Waals surface area (Å²) in [4.78, 5) is 25.0. The standard InChI is InChI=1S/C26H28N4O2/c1-17-8-10-20(11-9-17)16-30-19(3)22(18(2)29-30)14-15-25(31)28-24-7-5-4-6-23(24)26(32)27-21-12-13-21/h4-11,14-15,21H,12-13,16H2,1-3H3,(H,27,32)(H,28,31)/b15-14+. The maximum absolute atomic E-state index is 12.6. The van der Waals surface area contributed by atoms with Crippen LogP contribution < -0.4 is 10.6 Å². The first-order valence-corrected chi connectivity index (χ1v) is 10.9. The summed E-state index contributed by atoms with van der Waals surface area (Å²) in [7, 11) is 0. The summed E-state index contributed by atoms with van der Waals surface area (Å²) in [5.74, 6) is -0.446. The number of rotatable bonds is 7. The number of nitrogens with one attached hydrogen (secondary N) is 2. The highest BCUT2D eigenvalue weighted by Gasteiger charge is 2.24. The number of nitrogens with zero attached hydrogens (tertiary/aromatic N) is 2. The van der Waals surface area contributed by atoms with Crippen LogP contribution in [0.25, 0.3) is 6.08 Å². The minimum Gasteiger partial charge on any atom is -0.349 e. The highest BCUT2D eigenvalue weighted by Crippen LogP contribution is 2.22. The van der Waals surface area contributed by atoms with Crippen molar-refractivity contribution in [1.82, 2.24) is 15.1 Å². The zero-order valence-electron chi connectivity index (χ0n) is 18.7. The molecule has 164 valence electrons. The van der Waals surface area contributed by atoms with Crippen LogP contribution in [0.2, 0.25) is 0 Å². The highest BCUT2D eigenvalue weighted by atomic mass is 16.2. The van der Waals surface area contributed by atoms with Gasteiger partial charge in [0.1, 0.15) is 0 Å². The number of carbonyl (C=O) groups is 2. The quantitative estimate of drug-likeness (QED) is 0.548. The Kier molecular flexibility index (Phi) is 6.21. The zero-order valence-corrected chi connectivity index (χ0v) is 18.7. The predicted octanol–water partition coefficient (Wildman–Crippen LogP) is 4.40. The van der Waals surface area contributed by atoms with E-state index in [9.17, 15) is 9.59 Å². The molecular weight excluding hydrogens is 400 g/mol. The van der Waals surface area contributed by atoms with Gasteiger partial charge in [-0.1, -0.05) is 42.0 Å². The van der Waals surface area contributed by atoms with Gasteiger partial charge in [-0.25, -0.2) is 0 Å². The lowest BCUT2D eigenvalue weighted by Gasteiger charge is -2.10. The Bertz CT molecular complexity index is 1170. The van der Waals surface area contributed by atoms with Gasteiger partial charge < -0.3 is 10.6 Å². The number of aromatic nitrogens is 2. The Labute approximate surface area is 188 Å². The molecule has 1 fully saturated rings. The van der Waals surface area contributed by atoms with Crippen LogP contribution in [0.1, 0.15) is 51.3 Å². The maximum atomic E-state index is 12.6. The van der Waals surface area contributed by atoms with Crippen molar-refractivity contribution in [3.05, 3.63) is 88.2 Å². The molecule has 0 saturated heterocycles. The molecule has 4 rings (SSSR count). The Morgan fingerprint density at radius 1 is 1.06 bits per heavy atom. The number of amides is 2. The summed E-state index contributed by atoms with van der Waals surface area (Å²) < 4.78 is 1.95. The molecule has 0 unspecified atom stereocenters. The van der Waals surface area contributed by atoms with Crippen molar-refractivity contribution in [2.24, 2.45) is 0 Å². The summed E-state index contributed by atoms with van der Waals surface area (Å²) in [5, 5.41) is 10.4. The molecule has 0 atom stereocenters. The van der Waals surface area contributed by atoms with Crippen molar-refractivity contribution in [2.45, 2.75) is 46.2 Å². The van der Waals surface area contributed by atoms with Crippen LogP contribution in [0.4, 0.5) is 5.69 Å². The normalized spacial score (nSPS) is 13.3. The summed E-state index contributed by atoms with van der Waals surface area (Å²) >= 11 is 0. The van der Waals surface area contributed by atoms with E-state index in [4.69, 9.17) is 0 Å². The first-order chi connectivity index (χ1) is 15.4. The molecule has 0 bridgehead atoms. The maximum Gasteiger partial charge on any atom is 0.253 e. The number of carbonyl (C=O) groups excluding carboxylic acids is 2. The second-order valence-corrected chi connectivity index (χ2v) is 8.34. The van der Waals surface area contributed by atoms with Crippen molar-refractivity contribution >= 4 is 23.6 Å². The third-order valence-electron chi connectivity index (χ3n) is 5.63. The van der Waals surface area contributed by atoms with Crippen molar-refractivity contribution in [2.75, 3.05) is 5.32 Å². The molecule has 1 aromatic heterocycles. The molecule has 1 heterocycles. The van der Waals surface area contributed by atoms with Crippen LogP contribution in [-0.2, 0) is 11.3 Å². The van der Waals surface area contributed by atoms with E-state index in [1.165, 1.54) is 17.2 Å². The molecule has 0 aliphatic heterocycles. The molecule has 6 heteroatoms. The molecular formula is C26H28N4O2. The molecule has 32 heavy (non-hydrogen) atoms. The number of hydrogen-bond acceptors (Lipinski definition) is 3. The fraction of sp³-hybridized carbons (Fsp3) is 0.269. The Hall–Kier alpha value is -3.67. The SMILES string of the molecule is Cc1ccc(Cn2nc(C)c(/C=C/C(=O)Nc3ccccc3C(=O)NC3CC3)c2C)cc1. The second-order valence-electron chi connectivity index (χ2n) is 8.34. The van der Waals surface area contributed by atoms with Gasteiger partial charge >= 0.3 is 0 Å². The van der Waals surface area contributed by atoms with Gasteiger partial charge in [0.25, 0.3) is 5.91 Å². The molecule has 6 nitrogen and oxygen atoms in total. The average molecular weight is 429 g/mol. The lowest BCUT2D eigenvalue weighted by molar-refractivity contribution is -0.111. The zero-order chi connectivity index (χ0) is 22.7. The average Bonchev–Trinajstić information content (AvgIpc) is 3.54. The number of anilines is 1. The van der Waals surface area contributed by atoms with Crippen molar-refractivity contribution in [1.29, 1.82) is 0 Å². The molecule has 1 aliphatic rings. The van der Waals surface area contributed by atoms with E-state index in [0.29, 0.717) is 17.8 Å². The topological polar surface area (TPSA) is 76.0 Å². The second kappa shape index (κ2) is 9.22. The van der Waals surface area contributed by atoms with Crippen LogP contribution in [-0.4, -0.2) is 27.6 Å². The van der Waals surface area contributed by atoms with Gasteiger partial charge in [-0.2, -0.15) is 5.10 Å². The number of para-hydroxylation sites is 1. The van der Waals surface area contributed by atoms with Gasteiger partial charge in [0, 0.05) is 23.4 Å². The van der Waals surface area contributed by atoms with Gasteiger partial charge in [0.15, 0.2) is 0 Å². The number of aryl methyl sites for hydroxylation is 2. The minimum absolute atomic E-state index is 0.156. The predicted molar refractivity (Wildman–Crippen MR) is 127 cm³/mol. The van der Waals surface area contributed by atoms with Crippen LogP contribution in [0.5, 0.6) is 0 Å². The molecule has 0 radical (unpaired) electrons. The smallest absolute Gasteiger partial charge is 0.253 e. The van der Waals surface area contributed by atoms with Crippen LogP contribution >= 0.6 is 0 Å². The van der Waals surface area contributed by atoms with Crippen LogP contribution in [0.3, 0.4) is 0 Å². The Morgan fingerprint density at radius 2 is 1.78 bits per heavy atom. The van der Waals surface area contributed by atoms with Crippen molar-refractivity contribution in [3.63, 3.8) is 0 Å². The van der Waals surface area contributed by atoms with Crippen molar-refractivity contribution in [3.8, 4) is 0 Å². The molecule has 1 aliphatic carbocycles. The number of benzene rings is 2. The van der Waals surface area contributed by atoms with E-state index in [1.807, 2.05) is 18.5 Å². The minimum atomic E-state index is -0.290. The largest absolute Gasteiger partial charge is 0.349 e. The van der Waals surface area contributed by atoms with E-state index >= 15 is 0 Å². The molecule has 2 aromatic carbocycles. The first kappa shape index (κ1) is 21.6. The fourth-order valence-corrected chi connectivity index (χ4v) is 3.59. The van der Waals surface area contributed by atoms with Gasteiger partial charge in [0.05, 0.1) is 23.5 Å². The van der Waals surface area contributed by atoms with E-state index < -0.39 is 0 Å². The summed E-state index contributed by atoms with van der Waals surface area (Å²) in [6.45, 7) is 6.69. The summed E-state index contributed by atoms with van der Waals surface area (Å²) in [5.41, 5.74) is 6.16. The van der Waals surface area contributed by atoms with Gasteiger partial charge in [-0.05, 0) is 57.4 Å². The van der Waals surface area contributed by atoms with E-state index in [0.717, 1.165) is 29.8 Å². The molecule has 3 aromatic rings. The Morgan fingerprint density at radius 3 is 2.50 bits per heavy atom. The van der Waals surface area contributed by atoms with E-state index in [2.05, 4.69) is 46.9 Å².